The van der Waals surface area contributed by atoms with Crippen LogP contribution in [0.3, 0.4) is 0 Å². The number of esters is 1. The van der Waals surface area contributed by atoms with Crippen LogP contribution in [-0.2, 0) is 9.53 Å². The normalized spacial score (nSPS) is 16.9. The van der Waals surface area contributed by atoms with Gasteiger partial charge in [0.05, 0.1) is 5.92 Å². The van der Waals surface area contributed by atoms with Gasteiger partial charge in [-0.3, -0.25) is 9.59 Å². The summed E-state index contributed by atoms with van der Waals surface area (Å²) >= 11 is 0. The molecule has 1 aliphatic rings. The molecule has 110 valence electrons. The van der Waals surface area contributed by atoms with Crippen LogP contribution in [0.4, 0.5) is 0 Å². The fraction of sp³-hybridized carbons (Fsp3) is 0.412. The van der Waals surface area contributed by atoms with Crippen LogP contribution in [0.1, 0.15) is 30.1 Å². The van der Waals surface area contributed by atoms with E-state index in [9.17, 15) is 9.59 Å². The van der Waals surface area contributed by atoms with Gasteiger partial charge in [-0.2, -0.15) is 0 Å². The van der Waals surface area contributed by atoms with Gasteiger partial charge in [-0.15, -0.1) is 6.42 Å². The first-order valence-electron chi connectivity index (χ1n) is 7.12. The summed E-state index contributed by atoms with van der Waals surface area (Å²) in [5.41, 5.74) is 0.680. The first kappa shape index (κ1) is 15.1. The predicted octanol–water partition coefficient (Wildman–Crippen LogP) is 2.10. The van der Waals surface area contributed by atoms with Gasteiger partial charge in [-0.05, 0) is 31.9 Å². The average molecular weight is 285 g/mol. The van der Waals surface area contributed by atoms with Gasteiger partial charge in [0.2, 0.25) is 0 Å². The molecule has 0 bridgehead atoms. The molecule has 1 fully saturated rings. The third-order valence-corrected chi connectivity index (χ3v) is 3.66. The van der Waals surface area contributed by atoms with Gasteiger partial charge >= 0.3 is 5.97 Å². The zero-order valence-electron chi connectivity index (χ0n) is 12.1. The average Bonchev–Trinajstić information content (AvgIpc) is 2.55. The van der Waals surface area contributed by atoms with E-state index < -0.39 is 6.10 Å². The Morgan fingerprint density at radius 2 is 1.90 bits per heavy atom. The maximum absolute atomic E-state index is 12.3. The van der Waals surface area contributed by atoms with E-state index in [1.165, 1.54) is 0 Å². The molecule has 1 aromatic carbocycles. The molecule has 0 saturated carbocycles. The van der Waals surface area contributed by atoms with E-state index in [4.69, 9.17) is 11.2 Å². The van der Waals surface area contributed by atoms with Gasteiger partial charge in [-0.25, -0.2) is 0 Å². The van der Waals surface area contributed by atoms with Crippen molar-refractivity contribution in [1.29, 1.82) is 0 Å². The molecular weight excluding hydrogens is 266 g/mol. The molecule has 1 aliphatic heterocycles. The first-order chi connectivity index (χ1) is 10.1. The van der Waals surface area contributed by atoms with Crippen LogP contribution >= 0.6 is 0 Å². The molecule has 1 amide bonds. The number of rotatable bonds is 3. The second kappa shape index (κ2) is 6.94. The Bertz CT molecular complexity index is 539. The van der Waals surface area contributed by atoms with Gasteiger partial charge in [0.1, 0.15) is 0 Å². The number of carbonyl (C=O) groups excluding carboxylic acids is 2. The van der Waals surface area contributed by atoms with Crippen molar-refractivity contribution in [3.05, 3.63) is 35.9 Å². The van der Waals surface area contributed by atoms with Crippen molar-refractivity contribution >= 4 is 11.9 Å². The van der Waals surface area contributed by atoms with Gasteiger partial charge in [-0.1, -0.05) is 24.1 Å². The monoisotopic (exact) mass is 285 g/mol. The van der Waals surface area contributed by atoms with Crippen LogP contribution < -0.4 is 0 Å². The molecule has 1 saturated heterocycles. The van der Waals surface area contributed by atoms with Crippen LogP contribution in [0.15, 0.2) is 30.3 Å². The Morgan fingerprint density at radius 3 is 2.48 bits per heavy atom. The Morgan fingerprint density at radius 1 is 1.29 bits per heavy atom. The molecule has 1 aromatic rings. The molecule has 21 heavy (non-hydrogen) atoms. The first-order valence-corrected chi connectivity index (χ1v) is 7.12. The summed E-state index contributed by atoms with van der Waals surface area (Å²) in [6.07, 6.45) is 5.94. The molecular formula is C17H19NO3. The molecule has 4 nitrogen and oxygen atoms in total. The summed E-state index contributed by atoms with van der Waals surface area (Å²) in [6.45, 7) is 2.81. The van der Waals surface area contributed by atoms with Crippen molar-refractivity contribution in [2.45, 2.75) is 25.9 Å². The number of hydrogen-bond acceptors (Lipinski definition) is 3. The fourth-order valence-corrected chi connectivity index (χ4v) is 2.39. The van der Waals surface area contributed by atoms with Crippen molar-refractivity contribution in [2.75, 3.05) is 13.1 Å². The van der Waals surface area contributed by atoms with E-state index in [1.807, 2.05) is 18.2 Å². The minimum absolute atomic E-state index is 0.0133. The summed E-state index contributed by atoms with van der Waals surface area (Å²) < 4.78 is 5.14. The van der Waals surface area contributed by atoms with Crippen molar-refractivity contribution in [3.63, 3.8) is 0 Å². The summed E-state index contributed by atoms with van der Waals surface area (Å²) in [5.74, 6) is 1.97. The van der Waals surface area contributed by atoms with Gasteiger partial charge in [0, 0.05) is 18.7 Å². The molecule has 0 aliphatic carbocycles. The largest absolute Gasteiger partial charge is 0.449 e. The van der Waals surface area contributed by atoms with Crippen LogP contribution in [0, 0.1) is 18.3 Å². The summed E-state index contributed by atoms with van der Waals surface area (Å²) in [5, 5.41) is 0. The van der Waals surface area contributed by atoms with E-state index in [0.29, 0.717) is 31.5 Å². The highest BCUT2D eigenvalue weighted by molar-refractivity contribution is 5.94. The molecule has 1 atom stereocenters. The third-order valence-electron chi connectivity index (χ3n) is 3.66. The lowest BCUT2D eigenvalue weighted by molar-refractivity contribution is -0.152. The maximum atomic E-state index is 12.3. The second-order valence-electron chi connectivity index (χ2n) is 5.18. The van der Waals surface area contributed by atoms with E-state index in [-0.39, 0.29) is 17.8 Å². The zero-order valence-corrected chi connectivity index (χ0v) is 12.1. The van der Waals surface area contributed by atoms with Gasteiger partial charge in [0.15, 0.2) is 6.10 Å². The van der Waals surface area contributed by atoms with Crippen LogP contribution in [-0.4, -0.2) is 36.0 Å². The third kappa shape index (κ3) is 3.85. The lowest BCUT2D eigenvalue weighted by Crippen LogP contribution is -2.41. The quantitative estimate of drug-likeness (QED) is 0.631. The Kier molecular flexibility index (Phi) is 4.99. The lowest BCUT2D eigenvalue weighted by atomic mass is 9.96. The molecule has 1 heterocycles. The summed E-state index contributed by atoms with van der Waals surface area (Å²) in [7, 11) is 0. The minimum Gasteiger partial charge on any atom is -0.449 e. The van der Waals surface area contributed by atoms with Crippen LogP contribution in [0.2, 0.25) is 0 Å². The van der Waals surface area contributed by atoms with Crippen molar-refractivity contribution in [2.24, 2.45) is 5.92 Å². The lowest BCUT2D eigenvalue weighted by Gasteiger charge is -2.31. The number of piperidine rings is 1. The van der Waals surface area contributed by atoms with Gasteiger partial charge in [0.25, 0.3) is 5.91 Å². The minimum atomic E-state index is -0.499. The van der Waals surface area contributed by atoms with E-state index in [1.54, 1.807) is 24.0 Å². The van der Waals surface area contributed by atoms with Crippen molar-refractivity contribution < 1.29 is 14.3 Å². The Balaban J connectivity index is 1.88. The molecule has 2 rings (SSSR count). The Labute approximate surface area is 125 Å². The highest BCUT2D eigenvalue weighted by atomic mass is 16.5. The summed E-state index contributed by atoms with van der Waals surface area (Å²) in [4.78, 5) is 26.0. The number of carbonyl (C=O) groups is 2. The highest BCUT2D eigenvalue weighted by Crippen LogP contribution is 2.20. The maximum Gasteiger partial charge on any atom is 0.310 e. The molecule has 0 aromatic heterocycles. The molecule has 0 spiro atoms. The van der Waals surface area contributed by atoms with Crippen LogP contribution in [0.5, 0.6) is 0 Å². The molecule has 0 N–H and O–H groups in total. The predicted molar refractivity (Wildman–Crippen MR) is 79.5 cm³/mol. The number of benzene rings is 1. The number of hydrogen-bond donors (Lipinski definition) is 0. The molecule has 0 radical (unpaired) electrons. The van der Waals surface area contributed by atoms with Crippen molar-refractivity contribution in [3.8, 4) is 12.3 Å². The SMILES string of the molecule is C#CC(C)OC(=O)C1CCN(C(=O)c2ccccc2)CC1. The topological polar surface area (TPSA) is 46.6 Å². The van der Waals surface area contributed by atoms with Gasteiger partial charge < -0.3 is 9.64 Å². The number of nitrogens with zero attached hydrogens (tertiary/aromatic N) is 1. The second-order valence-corrected chi connectivity index (χ2v) is 5.18. The number of amides is 1. The molecule has 1 unspecified atom stereocenters. The number of terminal acetylenes is 1. The smallest absolute Gasteiger partial charge is 0.310 e. The standard InChI is InChI=1S/C17H19NO3/c1-3-13(2)21-17(20)15-9-11-18(12-10-15)16(19)14-7-5-4-6-8-14/h1,4-8,13,15H,9-12H2,2H3. The number of ether oxygens (including phenoxy) is 1. The van der Waals surface area contributed by atoms with Crippen molar-refractivity contribution in [1.82, 2.24) is 4.90 Å². The summed E-state index contributed by atoms with van der Waals surface area (Å²) in [6, 6.07) is 9.18. The highest BCUT2D eigenvalue weighted by Gasteiger charge is 2.29. The molecule has 4 heteroatoms. The van der Waals surface area contributed by atoms with E-state index in [0.717, 1.165) is 0 Å². The van der Waals surface area contributed by atoms with E-state index in [2.05, 4.69) is 5.92 Å². The fourth-order valence-electron chi connectivity index (χ4n) is 2.39. The zero-order chi connectivity index (χ0) is 15.2. The number of likely N-dealkylation sites (tertiary alicyclic amines) is 1. The van der Waals surface area contributed by atoms with E-state index >= 15 is 0 Å². The van der Waals surface area contributed by atoms with Crippen LogP contribution in [0.25, 0.3) is 0 Å². The Hall–Kier alpha value is -2.28.